The van der Waals surface area contributed by atoms with Crippen LogP contribution in [-0.4, -0.2) is 18.2 Å². The van der Waals surface area contributed by atoms with Crippen LogP contribution in [0.5, 0.6) is 11.5 Å². The molecule has 2 aromatic carbocycles. The molecule has 1 aliphatic carbocycles. The second-order valence-electron chi connectivity index (χ2n) is 6.36. The zero-order valence-electron chi connectivity index (χ0n) is 15.2. The van der Waals surface area contributed by atoms with Gasteiger partial charge in [-0.1, -0.05) is 12.1 Å². The third kappa shape index (κ3) is 5.09. The van der Waals surface area contributed by atoms with Gasteiger partial charge in [0.15, 0.2) is 0 Å². The van der Waals surface area contributed by atoms with E-state index in [-0.39, 0.29) is 5.91 Å². The molecule has 1 saturated carbocycles. The fourth-order valence-electron chi connectivity index (χ4n) is 2.51. The van der Waals surface area contributed by atoms with Gasteiger partial charge in [0.2, 0.25) is 0 Å². The van der Waals surface area contributed by atoms with Crippen molar-refractivity contribution in [3.63, 3.8) is 0 Å². The Morgan fingerprint density at radius 2 is 1.65 bits per heavy atom. The maximum Gasteiger partial charge on any atom is 0.271 e. The van der Waals surface area contributed by atoms with Crippen LogP contribution in [0.2, 0.25) is 0 Å². The van der Waals surface area contributed by atoms with E-state index in [2.05, 4.69) is 10.5 Å². The monoisotopic (exact) mass is 352 g/mol. The molecular weight excluding hydrogens is 328 g/mol. The molecule has 1 N–H and O–H groups in total. The van der Waals surface area contributed by atoms with Crippen molar-refractivity contribution in [1.29, 1.82) is 0 Å². The van der Waals surface area contributed by atoms with Crippen molar-refractivity contribution in [2.75, 3.05) is 6.61 Å². The molecule has 136 valence electrons. The Hall–Kier alpha value is -2.82. The van der Waals surface area contributed by atoms with Gasteiger partial charge in [-0.2, -0.15) is 5.10 Å². The zero-order chi connectivity index (χ0) is 18.4. The summed E-state index contributed by atoms with van der Waals surface area (Å²) in [7, 11) is 0. The normalized spacial score (nSPS) is 14.0. The van der Waals surface area contributed by atoms with E-state index in [0.717, 1.165) is 22.8 Å². The van der Waals surface area contributed by atoms with Crippen molar-refractivity contribution in [3.05, 3.63) is 59.7 Å². The first-order valence-corrected chi connectivity index (χ1v) is 8.95. The average molecular weight is 352 g/mol. The molecule has 5 nitrogen and oxygen atoms in total. The van der Waals surface area contributed by atoms with Gasteiger partial charge in [0.1, 0.15) is 18.1 Å². The van der Waals surface area contributed by atoms with Gasteiger partial charge in [-0.25, -0.2) is 5.43 Å². The highest BCUT2D eigenvalue weighted by Crippen LogP contribution is 2.30. The van der Waals surface area contributed by atoms with E-state index in [1.165, 1.54) is 12.8 Å². The summed E-state index contributed by atoms with van der Waals surface area (Å²) in [6, 6.07) is 14.9. The van der Waals surface area contributed by atoms with Gasteiger partial charge in [0, 0.05) is 11.3 Å². The second kappa shape index (κ2) is 8.52. The van der Waals surface area contributed by atoms with Crippen molar-refractivity contribution >= 4 is 11.6 Å². The van der Waals surface area contributed by atoms with Gasteiger partial charge in [0.05, 0.1) is 6.61 Å². The summed E-state index contributed by atoms with van der Waals surface area (Å²) in [5, 5.41) is 4.16. The van der Waals surface area contributed by atoms with Crippen LogP contribution in [0.4, 0.5) is 0 Å². The molecule has 1 amide bonds. The summed E-state index contributed by atoms with van der Waals surface area (Å²) in [5.74, 6) is 1.97. The summed E-state index contributed by atoms with van der Waals surface area (Å²) in [4.78, 5) is 12.1. The standard InChI is InChI=1S/C21H24N2O3/c1-3-25-19-10-12-20(13-11-19)26-14-16-4-6-18(7-5-16)21(24)23-22-15(2)17-8-9-17/h4-7,10-13,17H,3,8-9,14H2,1-2H3,(H,23,24)/b22-15-. The summed E-state index contributed by atoms with van der Waals surface area (Å²) in [6.45, 7) is 4.99. The number of hydrogen-bond acceptors (Lipinski definition) is 4. The molecule has 0 atom stereocenters. The highest BCUT2D eigenvalue weighted by atomic mass is 16.5. The number of amides is 1. The van der Waals surface area contributed by atoms with Crippen LogP contribution < -0.4 is 14.9 Å². The molecule has 0 bridgehead atoms. The molecule has 5 heteroatoms. The number of carbonyl (C=O) groups excluding carboxylic acids is 1. The van der Waals surface area contributed by atoms with Crippen LogP contribution >= 0.6 is 0 Å². The summed E-state index contributed by atoms with van der Waals surface area (Å²) < 4.78 is 11.2. The molecule has 1 fully saturated rings. The molecule has 0 spiro atoms. The number of ether oxygens (including phenoxy) is 2. The number of hydrogen-bond donors (Lipinski definition) is 1. The first-order chi connectivity index (χ1) is 12.7. The van der Waals surface area contributed by atoms with E-state index in [1.807, 2.05) is 50.2 Å². The predicted molar refractivity (Wildman–Crippen MR) is 102 cm³/mol. The second-order valence-corrected chi connectivity index (χ2v) is 6.36. The van der Waals surface area contributed by atoms with E-state index in [4.69, 9.17) is 9.47 Å². The Labute approximate surface area is 154 Å². The molecule has 1 aliphatic rings. The number of benzene rings is 2. The van der Waals surface area contributed by atoms with Crippen molar-refractivity contribution in [1.82, 2.24) is 5.43 Å². The summed E-state index contributed by atoms with van der Waals surface area (Å²) >= 11 is 0. The quantitative estimate of drug-likeness (QED) is 0.573. The molecule has 0 aliphatic heterocycles. The Morgan fingerprint density at radius 1 is 1.04 bits per heavy atom. The average Bonchev–Trinajstić information content (AvgIpc) is 3.51. The first-order valence-electron chi connectivity index (χ1n) is 8.95. The molecular formula is C21H24N2O3. The predicted octanol–water partition coefficient (Wildman–Crippen LogP) is 4.18. The Kier molecular flexibility index (Phi) is 5.89. The third-order valence-electron chi connectivity index (χ3n) is 4.26. The van der Waals surface area contributed by atoms with E-state index >= 15 is 0 Å². The number of nitrogens with zero attached hydrogens (tertiary/aromatic N) is 1. The van der Waals surface area contributed by atoms with Crippen LogP contribution in [-0.2, 0) is 6.61 Å². The maximum absolute atomic E-state index is 12.1. The Morgan fingerprint density at radius 3 is 2.23 bits per heavy atom. The lowest BCUT2D eigenvalue weighted by Crippen LogP contribution is -2.19. The lowest BCUT2D eigenvalue weighted by Gasteiger charge is -2.08. The van der Waals surface area contributed by atoms with Gasteiger partial charge >= 0.3 is 0 Å². The SMILES string of the molecule is CCOc1ccc(OCc2ccc(C(=O)N/N=C(/C)C3CC3)cc2)cc1. The smallest absolute Gasteiger partial charge is 0.271 e. The molecule has 2 aromatic rings. The fraction of sp³-hybridized carbons (Fsp3) is 0.333. The molecule has 0 heterocycles. The minimum Gasteiger partial charge on any atom is -0.494 e. The Balaban J connectivity index is 1.50. The van der Waals surface area contributed by atoms with Crippen molar-refractivity contribution < 1.29 is 14.3 Å². The minimum absolute atomic E-state index is 0.191. The highest BCUT2D eigenvalue weighted by Gasteiger charge is 2.24. The van der Waals surface area contributed by atoms with Crippen LogP contribution in [0.25, 0.3) is 0 Å². The van der Waals surface area contributed by atoms with Crippen molar-refractivity contribution in [2.24, 2.45) is 11.0 Å². The molecule has 0 radical (unpaired) electrons. The molecule has 26 heavy (non-hydrogen) atoms. The van der Waals surface area contributed by atoms with Gasteiger partial charge in [-0.05, 0) is 74.6 Å². The summed E-state index contributed by atoms with van der Waals surface area (Å²) in [5.41, 5.74) is 5.20. The topological polar surface area (TPSA) is 59.9 Å². The molecule has 0 unspecified atom stereocenters. The van der Waals surface area contributed by atoms with Gasteiger partial charge in [-0.15, -0.1) is 0 Å². The maximum atomic E-state index is 12.1. The highest BCUT2D eigenvalue weighted by molar-refractivity contribution is 5.95. The van der Waals surface area contributed by atoms with Crippen LogP contribution in [0.15, 0.2) is 53.6 Å². The van der Waals surface area contributed by atoms with E-state index in [1.54, 1.807) is 12.1 Å². The van der Waals surface area contributed by atoms with Gasteiger partial charge < -0.3 is 9.47 Å². The molecule has 0 aromatic heterocycles. The zero-order valence-corrected chi connectivity index (χ0v) is 15.2. The number of carbonyl (C=O) groups is 1. The lowest BCUT2D eigenvalue weighted by atomic mass is 10.1. The van der Waals surface area contributed by atoms with Crippen molar-refractivity contribution in [3.8, 4) is 11.5 Å². The van der Waals surface area contributed by atoms with E-state index < -0.39 is 0 Å². The van der Waals surface area contributed by atoms with Gasteiger partial charge in [-0.3, -0.25) is 4.79 Å². The summed E-state index contributed by atoms with van der Waals surface area (Å²) in [6.07, 6.45) is 2.35. The first kappa shape index (κ1) is 18.0. The Bertz CT molecular complexity index is 763. The molecule has 3 rings (SSSR count). The number of rotatable bonds is 8. The molecule has 0 saturated heterocycles. The van der Waals surface area contributed by atoms with Crippen LogP contribution in [0, 0.1) is 5.92 Å². The van der Waals surface area contributed by atoms with Crippen LogP contribution in [0.3, 0.4) is 0 Å². The number of nitrogens with one attached hydrogen (secondary N) is 1. The number of hydrazone groups is 1. The van der Waals surface area contributed by atoms with Crippen LogP contribution in [0.1, 0.15) is 42.6 Å². The van der Waals surface area contributed by atoms with Gasteiger partial charge in [0.25, 0.3) is 5.91 Å². The van der Waals surface area contributed by atoms with Crippen molar-refractivity contribution in [2.45, 2.75) is 33.3 Å². The third-order valence-corrected chi connectivity index (χ3v) is 4.26. The van der Waals surface area contributed by atoms with E-state index in [0.29, 0.717) is 24.7 Å². The largest absolute Gasteiger partial charge is 0.494 e. The lowest BCUT2D eigenvalue weighted by molar-refractivity contribution is 0.0954. The minimum atomic E-state index is -0.191. The van der Waals surface area contributed by atoms with E-state index in [9.17, 15) is 4.79 Å². The fourth-order valence-corrected chi connectivity index (χ4v) is 2.51.